The van der Waals surface area contributed by atoms with E-state index < -0.39 is 0 Å². The van der Waals surface area contributed by atoms with Gasteiger partial charge in [0.1, 0.15) is 11.5 Å². The number of hydrogen-bond donors (Lipinski definition) is 1. The van der Waals surface area contributed by atoms with Crippen LogP contribution in [-0.4, -0.2) is 15.0 Å². The maximum absolute atomic E-state index is 5.94. The van der Waals surface area contributed by atoms with Gasteiger partial charge in [-0.05, 0) is 50.8 Å². The van der Waals surface area contributed by atoms with E-state index in [1.807, 2.05) is 12.1 Å². The molecule has 2 aromatic rings. The second-order valence-electron chi connectivity index (χ2n) is 5.01. The van der Waals surface area contributed by atoms with Gasteiger partial charge in [-0.3, -0.25) is 4.98 Å². The summed E-state index contributed by atoms with van der Waals surface area (Å²) in [6, 6.07) is 3.83. The summed E-state index contributed by atoms with van der Waals surface area (Å²) < 4.78 is 1.77. The van der Waals surface area contributed by atoms with Gasteiger partial charge >= 0.3 is 0 Å². The number of rotatable bonds is 2. The standard InChI is InChI=1S/C14H14Br2N4/c15-9-5-10(16)13(18-7-9)14-19-11(6-12(17)20-14)8-3-1-2-4-8/h5-8H,1-4H2,(H2,17,19,20). The molecule has 1 saturated carbocycles. The smallest absolute Gasteiger partial charge is 0.181 e. The molecule has 0 amide bonds. The van der Waals surface area contributed by atoms with Crippen LogP contribution in [0.25, 0.3) is 11.5 Å². The van der Waals surface area contributed by atoms with E-state index in [4.69, 9.17) is 5.73 Å². The first-order valence-corrected chi connectivity index (χ1v) is 8.18. The Morgan fingerprint density at radius 2 is 1.85 bits per heavy atom. The molecule has 0 saturated heterocycles. The lowest BCUT2D eigenvalue weighted by Crippen LogP contribution is -2.04. The number of nitrogens with zero attached hydrogens (tertiary/aromatic N) is 3. The third kappa shape index (κ3) is 2.86. The van der Waals surface area contributed by atoms with E-state index in [2.05, 4.69) is 46.8 Å². The highest BCUT2D eigenvalue weighted by Crippen LogP contribution is 2.35. The summed E-state index contributed by atoms with van der Waals surface area (Å²) in [4.78, 5) is 13.4. The van der Waals surface area contributed by atoms with Gasteiger partial charge in [-0.25, -0.2) is 9.97 Å². The number of nitrogens with two attached hydrogens (primary N) is 1. The molecule has 20 heavy (non-hydrogen) atoms. The van der Waals surface area contributed by atoms with Crippen molar-refractivity contribution >= 4 is 37.7 Å². The van der Waals surface area contributed by atoms with Crippen LogP contribution in [0, 0.1) is 0 Å². The fourth-order valence-electron chi connectivity index (χ4n) is 2.60. The molecule has 0 aliphatic heterocycles. The monoisotopic (exact) mass is 396 g/mol. The summed E-state index contributed by atoms with van der Waals surface area (Å²) in [6.45, 7) is 0. The van der Waals surface area contributed by atoms with E-state index >= 15 is 0 Å². The minimum atomic E-state index is 0.508. The van der Waals surface area contributed by atoms with Crippen molar-refractivity contribution in [3.05, 3.63) is 33.0 Å². The number of aromatic nitrogens is 3. The van der Waals surface area contributed by atoms with Gasteiger partial charge in [0.15, 0.2) is 5.82 Å². The first-order valence-electron chi connectivity index (χ1n) is 6.59. The summed E-state index contributed by atoms with van der Waals surface area (Å²) >= 11 is 6.90. The fourth-order valence-corrected chi connectivity index (χ4v) is 3.77. The van der Waals surface area contributed by atoms with Gasteiger partial charge in [0.05, 0.1) is 0 Å². The summed E-state index contributed by atoms with van der Waals surface area (Å²) in [6.07, 6.45) is 6.64. The van der Waals surface area contributed by atoms with Crippen LogP contribution in [0.2, 0.25) is 0 Å². The molecule has 3 rings (SSSR count). The first-order chi connectivity index (χ1) is 9.63. The lowest BCUT2D eigenvalue weighted by atomic mass is 10.0. The summed E-state index contributed by atoms with van der Waals surface area (Å²) in [5.41, 5.74) is 7.71. The average Bonchev–Trinajstić information content (AvgIpc) is 2.91. The van der Waals surface area contributed by atoms with Gasteiger partial charge in [-0.2, -0.15) is 0 Å². The molecule has 2 aromatic heterocycles. The van der Waals surface area contributed by atoms with Crippen LogP contribution in [0.1, 0.15) is 37.3 Å². The zero-order valence-electron chi connectivity index (χ0n) is 10.8. The van der Waals surface area contributed by atoms with Gasteiger partial charge in [0, 0.05) is 32.8 Å². The Labute approximate surface area is 134 Å². The highest BCUT2D eigenvalue weighted by Gasteiger charge is 2.20. The largest absolute Gasteiger partial charge is 0.384 e. The van der Waals surface area contributed by atoms with Crippen molar-refractivity contribution < 1.29 is 0 Å². The van der Waals surface area contributed by atoms with Crippen molar-refractivity contribution in [1.82, 2.24) is 15.0 Å². The predicted octanol–water partition coefficient (Wildman–Crippen LogP) is 4.30. The quantitative estimate of drug-likeness (QED) is 0.820. The van der Waals surface area contributed by atoms with E-state index in [-0.39, 0.29) is 0 Å². The molecule has 1 aliphatic carbocycles. The van der Waals surface area contributed by atoms with Crippen molar-refractivity contribution in [2.24, 2.45) is 0 Å². The number of halogens is 2. The molecule has 2 N–H and O–H groups in total. The summed E-state index contributed by atoms with van der Waals surface area (Å²) in [5.74, 6) is 1.60. The lowest BCUT2D eigenvalue weighted by molar-refractivity contribution is 0.695. The zero-order valence-corrected chi connectivity index (χ0v) is 14.0. The molecule has 104 valence electrons. The third-order valence-electron chi connectivity index (χ3n) is 3.56. The van der Waals surface area contributed by atoms with E-state index in [0.29, 0.717) is 17.6 Å². The maximum Gasteiger partial charge on any atom is 0.181 e. The molecule has 4 nitrogen and oxygen atoms in total. The van der Waals surface area contributed by atoms with Gasteiger partial charge < -0.3 is 5.73 Å². The minimum Gasteiger partial charge on any atom is -0.384 e. The van der Waals surface area contributed by atoms with Gasteiger partial charge in [0.25, 0.3) is 0 Å². The molecule has 1 fully saturated rings. The van der Waals surface area contributed by atoms with E-state index in [1.54, 1.807) is 6.20 Å². The van der Waals surface area contributed by atoms with E-state index in [9.17, 15) is 0 Å². The molecule has 0 bridgehead atoms. The molecule has 2 heterocycles. The van der Waals surface area contributed by atoms with Crippen LogP contribution >= 0.6 is 31.9 Å². The number of pyridine rings is 1. The van der Waals surface area contributed by atoms with Crippen molar-refractivity contribution in [3.63, 3.8) is 0 Å². The van der Waals surface area contributed by atoms with Crippen molar-refractivity contribution in [2.75, 3.05) is 5.73 Å². The number of nitrogen functional groups attached to an aromatic ring is 1. The lowest BCUT2D eigenvalue weighted by Gasteiger charge is -2.11. The Bertz CT molecular complexity index is 639. The van der Waals surface area contributed by atoms with Crippen LogP contribution in [0.4, 0.5) is 5.82 Å². The van der Waals surface area contributed by atoms with Gasteiger partial charge in [-0.1, -0.05) is 12.8 Å². The minimum absolute atomic E-state index is 0.508. The SMILES string of the molecule is Nc1cc(C2CCCC2)nc(-c2ncc(Br)cc2Br)n1. The Kier molecular flexibility index (Phi) is 4.03. The predicted molar refractivity (Wildman–Crippen MR) is 86.3 cm³/mol. The molecule has 0 aromatic carbocycles. The van der Waals surface area contributed by atoms with Crippen LogP contribution < -0.4 is 5.73 Å². The van der Waals surface area contributed by atoms with E-state index in [0.717, 1.165) is 20.3 Å². The maximum atomic E-state index is 5.94. The highest BCUT2D eigenvalue weighted by molar-refractivity contribution is 9.11. The molecular formula is C14H14Br2N4. The zero-order chi connectivity index (χ0) is 14.1. The second-order valence-corrected chi connectivity index (χ2v) is 6.78. The van der Waals surface area contributed by atoms with E-state index in [1.165, 1.54) is 25.7 Å². The summed E-state index contributed by atoms with van der Waals surface area (Å²) in [7, 11) is 0. The van der Waals surface area contributed by atoms with Crippen molar-refractivity contribution in [1.29, 1.82) is 0 Å². The highest BCUT2D eigenvalue weighted by atomic mass is 79.9. The van der Waals surface area contributed by atoms with Gasteiger partial charge in [0.2, 0.25) is 0 Å². The average molecular weight is 398 g/mol. The first kappa shape index (κ1) is 13.9. The number of hydrogen-bond acceptors (Lipinski definition) is 4. The third-order valence-corrected chi connectivity index (χ3v) is 4.60. The normalized spacial score (nSPS) is 15.7. The Hall–Kier alpha value is -1.01. The van der Waals surface area contributed by atoms with Crippen LogP contribution in [0.5, 0.6) is 0 Å². The van der Waals surface area contributed by atoms with Crippen LogP contribution in [0.3, 0.4) is 0 Å². The second kappa shape index (κ2) is 5.77. The van der Waals surface area contributed by atoms with Crippen LogP contribution in [0.15, 0.2) is 27.3 Å². The molecule has 6 heteroatoms. The van der Waals surface area contributed by atoms with Crippen molar-refractivity contribution in [2.45, 2.75) is 31.6 Å². The Morgan fingerprint density at radius 3 is 2.55 bits per heavy atom. The fraction of sp³-hybridized carbons (Fsp3) is 0.357. The topological polar surface area (TPSA) is 64.7 Å². The molecular weight excluding hydrogens is 384 g/mol. The molecule has 1 aliphatic rings. The number of anilines is 1. The molecule has 0 atom stereocenters. The van der Waals surface area contributed by atoms with Gasteiger partial charge in [-0.15, -0.1) is 0 Å². The molecule has 0 unspecified atom stereocenters. The van der Waals surface area contributed by atoms with Crippen LogP contribution in [-0.2, 0) is 0 Å². The summed E-state index contributed by atoms with van der Waals surface area (Å²) in [5, 5.41) is 0. The Morgan fingerprint density at radius 1 is 1.10 bits per heavy atom. The molecule has 0 spiro atoms. The molecule has 0 radical (unpaired) electrons. The van der Waals surface area contributed by atoms with Crippen molar-refractivity contribution in [3.8, 4) is 11.5 Å². The Balaban J connectivity index is 2.04.